The summed E-state index contributed by atoms with van der Waals surface area (Å²) < 4.78 is 9.17. The molecule has 28 heavy (non-hydrogen) atoms. The summed E-state index contributed by atoms with van der Waals surface area (Å²) in [5, 5.41) is 5.62. The van der Waals surface area contributed by atoms with Gasteiger partial charge in [0.05, 0.1) is 19.1 Å². The van der Waals surface area contributed by atoms with Crippen LogP contribution < -0.4 is 5.43 Å². The van der Waals surface area contributed by atoms with Crippen molar-refractivity contribution < 1.29 is 9.21 Å². The molecule has 4 rings (SSSR count). The first kappa shape index (κ1) is 18.3. The lowest BCUT2D eigenvalue weighted by atomic mass is 10.2. The normalized spacial score (nSPS) is 11.5. The van der Waals surface area contributed by atoms with E-state index in [4.69, 9.17) is 27.6 Å². The van der Waals surface area contributed by atoms with Crippen molar-refractivity contribution in [2.45, 2.75) is 6.54 Å². The second kappa shape index (κ2) is 7.53. The van der Waals surface area contributed by atoms with Crippen molar-refractivity contribution in [3.63, 3.8) is 0 Å². The molecule has 0 bridgehead atoms. The summed E-state index contributed by atoms with van der Waals surface area (Å²) in [6.45, 7) is 0.311. The van der Waals surface area contributed by atoms with Gasteiger partial charge < -0.3 is 13.6 Å². The van der Waals surface area contributed by atoms with Gasteiger partial charge in [-0.25, -0.2) is 10.4 Å². The molecule has 0 spiro atoms. The van der Waals surface area contributed by atoms with Crippen molar-refractivity contribution in [1.82, 2.24) is 19.5 Å². The van der Waals surface area contributed by atoms with Crippen LogP contribution in [0, 0.1) is 0 Å². The lowest BCUT2D eigenvalue weighted by Gasteiger charge is -2.00. The van der Waals surface area contributed by atoms with Crippen LogP contribution in [0.1, 0.15) is 21.9 Å². The van der Waals surface area contributed by atoms with Gasteiger partial charge in [0.15, 0.2) is 10.9 Å². The second-order valence-electron chi connectivity index (χ2n) is 6.13. The second-order valence-corrected chi connectivity index (χ2v) is 6.85. The molecule has 0 atom stereocenters. The molecule has 0 fully saturated rings. The quantitative estimate of drug-likeness (QED) is 0.393. The molecule has 7 nitrogen and oxygen atoms in total. The lowest BCUT2D eigenvalue weighted by Crippen LogP contribution is -2.16. The van der Waals surface area contributed by atoms with Crippen LogP contribution in [0.3, 0.4) is 0 Å². The number of imidazole rings is 1. The predicted molar refractivity (Wildman–Crippen MR) is 108 cm³/mol. The number of benzene rings is 1. The van der Waals surface area contributed by atoms with Crippen molar-refractivity contribution in [2.24, 2.45) is 12.1 Å². The van der Waals surface area contributed by atoms with Crippen LogP contribution in [0.25, 0.3) is 10.9 Å². The van der Waals surface area contributed by atoms with E-state index in [-0.39, 0.29) is 10.9 Å². The summed E-state index contributed by atoms with van der Waals surface area (Å²) in [4.78, 5) is 16.2. The van der Waals surface area contributed by atoms with E-state index < -0.39 is 5.91 Å². The molecule has 9 heteroatoms. The third-order valence-corrected chi connectivity index (χ3v) is 5.01. The topological polar surface area (TPSA) is 77.4 Å². The molecule has 0 aliphatic rings. The van der Waals surface area contributed by atoms with Crippen molar-refractivity contribution in [3.8, 4) is 0 Å². The highest BCUT2D eigenvalue weighted by Crippen LogP contribution is 2.21. The molecular formula is C19H15Cl2N5O2. The maximum atomic E-state index is 12.3. The number of fused-ring (bicyclic) bond motifs is 1. The van der Waals surface area contributed by atoms with Crippen LogP contribution in [-0.2, 0) is 13.6 Å². The highest BCUT2D eigenvalue weighted by Gasteiger charge is 2.13. The van der Waals surface area contributed by atoms with Crippen LogP contribution in [0.5, 0.6) is 0 Å². The summed E-state index contributed by atoms with van der Waals surface area (Å²) in [6.07, 6.45) is 5.06. The average molecular weight is 416 g/mol. The van der Waals surface area contributed by atoms with Gasteiger partial charge in [-0.05, 0) is 18.2 Å². The molecule has 0 saturated carbocycles. The molecule has 1 N–H and O–H groups in total. The van der Waals surface area contributed by atoms with E-state index in [1.807, 2.05) is 42.1 Å². The number of halogens is 2. The van der Waals surface area contributed by atoms with Gasteiger partial charge in [-0.1, -0.05) is 41.4 Å². The zero-order valence-electron chi connectivity index (χ0n) is 14.8. The summed E-state index contributed by atoms with van der Waals surface area (Å²) in [5.41, 5.74) is 4.47. The Labute approximate surface area is 170 Å². The van der Waals surface area contributed by atoms with E-state index in [0.717, 1.165) is 16.5 Å². The number of hydrazone groups is 1. The van der Waals surface area contributed by atoms with Gasteiger partial charge in [0.2, 0.25) is 0 Å². The van der Waals surface area contributed by atoms with Crippen molar-refractivity contribution in [1.29, 1.82) is 0 Å². The van der Waals surface area contributed by atoms with E-state index >= 15 is 0 Å². The molecule has 1 amide bonds. The third-order valence-electron chi connectivity index (χ3n) is 4.24. The number of aromatic nitrogens is 3. The zero-order chi connectivity index (χ0) is 19.7. The Morgan fingerprint density at radius 3 is 2.89 bits per heavy atom. The summed E-state index contributed by atoms with van der Waals surface area (Å²) in [7, 11) is 1.96. The van der Waals surface area contributed by atoms with Crippen molar-refractivity contribution in [2.75, 3.05) is 0 Å². The van der Waals surface area contributed by atoms with Gasteiger partial charge in [0.25, 0.3) is 0 Å². The molecule has 0 unspecified atom stereocenters. The number of carbonyl (C=O) groups is 1. The lowest BCUT2D eigenvalue weighted by molar-refractivity contribution is 0.0925. The van der Waals surface area contributed by atoms with Crippen LogP contribution in [0.4, 0.5) is 0 Å². The Balaban J connectivity index is 1.43. The molecule has 0 saturated heterocycles. The summed E-state index contributed by atoms with van der Waals surface area (Å²) in [6, 6.07) is 11.2. The Kier molecular flexibility index (Phi) is 4.93. The predicted octanol–water partition coefficient (Wildman–Crippen LogP) is 4.09. The average Bonchev–Trinajstić information content (AvgIpc) is 3.37. The Bertz CT molecular complexity index is 1190. The van der Waals surface area contributed by atoms with Crippen LogP contribution >= 0.6 is 23.2 Å². The molecule has 3 aromatic heterocycles. The number of nitrogens with zero attached hydrogens (tertiary/aromatic N) is 4. The van der Waals surface area contributed by atoms with Crippen LogP contribution in [-0.4, -0.2) is 26.2 Å². The monoisotopic (exact) mass is 415 g/mol. The smallest absolute Gasteiger partial charge is 0.307 e. The van der Waals surface area contributed by atoms with E-state index in [2.05, 4.69) is 15.5 Å². The third kappa shape index (κ3) is 3.54. The van der Waals surface area contributed by atoms with Gasteiger partial charge in [-0.15, -0.1) is 0 Å². The fourth-order valence-corrected chi connectivity index (χ4v) is 3.20. The van der Waals surface area contributed by atoms with Crippen LogP contribution in [0.2, 0.25) is 10.3 Å². The molecular weight excluding hydrogens is 401 g/mol. The Morgan fingerprint density at radius 2 is 2.11 bits per heavy atom. The Hall–Kier alpha value is -3.03. The molecule has 0 aliphatic carbocycles. The molecule has 0 radical (unpaired) electrons. The molecule has 142 valence electrons. The Morgan fingerprint density at radius 1 is 1.29 bits per heavy atom. The number of aryl methyl sites for hydroxylation is 1. The van der Waals surface area contributed by atoms with E-state index in [0.29, 0.717) is 17.5 Å². The first-order valence-electron chi connectivity index (χ1n) is 8.35. The summed E-state index contributed by atoms with van der Waals surface area (Å²) in [5.74, 6) is 0.240. The highest BCUT2D eigenvalue weighted by atomic mass is 35.5. The SMILES string of the molecule is Cn1cc(/C=N/NC(=O)c2ccc(Cn3cnc(Cl)c3Cl)o2)c2ccccc21. The first-order chi connectivity index (χ1) is 13.5. The minimum Gasteiger partial charge on any atom is -0.454 e. The number of rotatable bonds is 5. The van der Waals surface area contributed by atoms with Crippen LogP contribution in [0.15, 0.2) is 58.4 Å². The molecule has 3 heterocycles. The van der Waals surface area contributed by atoms with Crippen molar-refractivity contribution >= 4 is 46.2 Å². The fraction of sp³-hybridized carbons (Fsp3) is 0.105. The highest BCUT2D eigenvalue weighted by molar-refractivity contribution is 6.40. The van der Waals surface area contributed by atoms with E-state index in [1.165, 1.54) is 6.33 Å². The minimum atomic E-state index is -0.447. The van der Waals surface area contributed by atoms with Gasteiger partial charge in [0.1, 0.15) is 10.9 Å². The number of para-hydroxylation sites is 1. The van der Waals surface area contributed by atoms with Gasteiger partial charge in [-0.2, -0.15) is 5.10 Å². The summed E-state index contributed by atoms with van der Waals surface area (Å²) >= 11 is 11.8. The number of furan rings is 1. The van der Waals surface area contributed by atoms with Gasteiger partial charge >= 0.3 is 5.91 Å². The van der Waals surface area contributed by atoms with E-state index in [9.17, 15) is 4.79 Å². The minimum absolute atomic E-state index is 0.146. The number of hydrogen-bond donors (Lipinski definition) is 1. The molecule has 1 aromatic carbocycles. The van der Waals surface area contributed by atoms with Gasteiger partial charge in [-0.3, -0.25) is 4.79 Å². The zero-order valence-corrected chi connectivity index (χ0v) is 16.3. The largest absolute Gasteiger partial charge is 0.454 e. The number of amides is 1. The molecule has 0 aliphatic heterocycles. The maximum Gasteiger partial charge on any atom is 0.307 e. The standard InChI is InChI=1S/C19H15Cl2N5O2/c1-25-9-12(14-4-2-3-5-15(14)25)8-23-24-19(27)16-7-6-13(28-16)10-26-11-22-17(20)18(26)21/h2-9,11H,10H2,1H3,(H,24,27)/b23-8+. The molecule has 4 aromatic rings. The number of carbonyl (C=O) groups excluding carboxylic acids is 1. The number of hydrogen-bond acceptors (Lipinski definition) is 4. The fourth-order valence-electron chi connectivity index (χ4n) is 2.90. The van der Waals surface area contributed by atoms with Crippen molar-refractivity contribution in [3.05, 3.63) is 76.3 Å². The van der Waals surface area contributed by atoms with Gasteiger partial charge in [0, 0.05) is 29.7 Å². The number of nitrogens with one attached hydrogen (secondary N) is 1. The first-order valence-corrected chi connectivity index (χ1v) is 9.11. The van der Waals surface area contributed by atoms with E-state index in [1.54, 1.807) is 22.9 Å². The maximum absolute atomic E-state index is 12.3.